The van der Waals surface area contributed by atoms with Crippen molar-refractivity contribution in [2.45, 2.75) is 30.6 Å². The number of hydrogen-bond donors (Lipinski definition) is 0. The van der Waals surface area contributed by atoms with Crippen molar-refractivity contribution in [3.63, 3.8) is 0 Å². The van der Waals surface area contributed by atoms with E-state index in [0.717, 1.165) is 29.2 Å². The lowest BCUT2D eigenvalue weighted by Crippen LogP contribution is -2.35. The lowest BCUT2D eigenvalue weighted by Gasteiger charge is -2.23. The first-order valence-electron chi connectivity index (χ1n) is 8.02. The first kappa shape index (κ1) is 17.3. The predicted octanol–water partition coefficient (Wildman–Crippen LogP) is 4.17. The summed E-state index contributed by atoms with van der Waals surface area (Å²) in [6.45, 7) is 0. The number of rotatable bonds is 5. The van der Waals surface area contributed by atoms with Crippen LogP contribution in [0.3, 0.4) is 0 Å². The van der Waals surface area contributed by atoms with Crippen molar-refractivity contribution in [2.24, 2.45) is 0 Å². The highest BCUT2D eigenvalue weighted by atomic mass is 32.2. The quantitative estimate of drug-likeness (QED) is 0.800. The average Bonchev–Trinajstić information content (AvgIpc) is 3.30. The molecule has 0 bridgehead atoms. The first-order chi connectivity index (χ1) is 11.6. The van der Waals surface area contributed by atoms with Gasteiger partial charge in [0.15, 0.2) is 0 Å². The Balaban J connectivity index is 1.71. The van der Waals surface area contributed by atoms with E-state index in [2.05, 4.69) is 11.2 Å². The van der Waals surface area contributed by atoms with Gasteiger partial charge in [-0.1, -0.05) is 0 Å². The molecule has 1 aromatic carbocycles. The largest absolute Gasteiger partial charge is 0.497 e. The van der Waals surface area contributed by atoms with E-state index < -0.39 is 0 Å². The molecule has 1 heterocycles. The summed E-state index contributed by atoms with van der Waals surface area (Å²) in [7, 11) is 3.55. The van der Waals surface area contributed by atoms with Gasteiger partial charge in [-0.3, -0.25) is 4.79 Å². The average molecular weight is 363 g/mol. The summed E-state index contributed by atoms with van der Waals surface area (Å²) in [5.74, 6) is 0.841. The Hall–Kier alpha value is -1.53. The second-order valence-corrected chi connectivity index (χ2v) is 8.00. The summed E-state index contributed by atoms with van der Waals surface area (Å²) < 4.78 is 5.18. The Labute approximate surface area is 151 Å². The Morgan fingerprint density at radius 3 is 2.71 bits per heavy atom. The minimum atomic E-state index is 0.0257. The van der Waals surface area contributed by atoms with Crippen LogP contribution in [0.4, 0.5) is 0 Å². The molecule has 1 saturated carbocycles. The molecule has 128 valence electrons. The SMILES string of the molecule is COc1ccc(-c2nc(C(=O)N(C)[C@H]3CC[C@@H](SC)C3)cs2)cc1. The van der Waals surface area contributed by atoms with Crippen LogP contribution >= 0.6 is 23.1 Å². The Morgan fingerprint density at radius 2 is 2.08 bits per heavy atom. The number of amides is 1. The van der Waals surface area contributed by atoms with Crippen LogP contribution in [0.25, 0.3) is 10.6 Å². The van der Waals surface area contributed by atoms with Gasteiger partial charge in [-0.15, -0.1) is 11.3 Å². The third-order valence-corrected chi connectivity index (χ3v) is 6.60. The third-order valence-electron chi connectivity index (χ3n) is 4.62. The van der Waals surface area contributed by atoms with Crippen molar-refractivity contribution in [3.8, 4) is 16.3 Å². The van der Waals surface area contributed by atoms with E-state index in [9.17, 15) is 4.79 Å². The van der Waals surface area contributed by atoms with Crippen LogP contribution in [0.1, 0.15) is 29.8 Å². The molecule has 1 aliphatic rings. The lowest BCUT2D eigenvalue weighted by atomic mass is 10.2. The van der Waals surface area contributed by atoms with E-state index in [1.165, 1.54) is 17.8 Å². The minimum Gasteiger partial charge on any atom is -0.497 e. The van der Waals surface area contributed by atoms with Crippen molar-refractivity contribution in [1.29, 1.82) is 0 Å². The molecule has 1 amide bonds. The van der Waals surface area contributed by atoms with Crippen molar-refractivity contribution in [1.82, 2.24) is 9.88 Å². The molecule has 4 nitrogen and oxygen atoms in total. The van der Waals surface area contributed by atoms with Crippen molar-refractivity contribution >= 4 is 29.0 Å². The normalized spacial score (nSPS) is 20.1. The monoisotopic (exact) mass is 362 g/mol. The summed E-state index contributed by atoms with van der Waals surface area (Å²) in [6.07, 6.45) is 5.51. The Kier molecular flexibility index (Phi) is 5.46. The van der Waals surface area contributed by atoms with Crippen LogP contribution in [-0.2, 0) is 0 Å². The molecular weight excluding hydrogens is 340 g/mol. The van der Waals surface area contributed by atoms with Gasteiger partial charge in [-0.2, -0.15) is 11.8 Å². The molecule has 6 heteroatoms. The van der Waals surface area contributed by atoms with Gasteiger partial charge in [0.25, 0.3) is 5.91 Å². The Bertz CT molecular complexity index is 699. The molecule has 0 saturated heterocycles. The molecule has 3 rings (SSSR count). The van der Waals surface area contributed by atoms with Crippen LogP contribution in [0.2, 0.25) is 0 Å². The highest BCUT2D eigenvalue weighted by molar-refractivity contribution is 7.99. The number of carbonyl (C=O) groups is 1. The number of hydrogen-bond acceptors (Lipinski definition) is 5. The number of ether oxygens (including phenoxy) is 1. The fourth-order valence-electron chi connectivity index (χ4n) is 3.07. The summed E-state index contributed by atoms with van der Waals surface area (Å²) in [4.78, 5) is 19.1. The van der Waals surface area contributed by atoms with Crippen LogP contribution in [-0.4, -0.2) is 47.5 Å². The molecule has 1 fully saturated rings. The number of benzene rings is 1. The van der Waals surface area contributed by atoms with E-state index in [1.54, 1.807) is 7.11 Å². The topological polar surface area (TPSA) is 42.4 Å². The summed E-state index contributed by atoms with van der Waals surface area (Å²) in [6, 6.07) is 8.09. The molecule has 1 aromatic heterocycles. The number of methoxy groups -OCH3 is 1. The van der Waals surface area contributed by atoms with Crippen LogP contribution in [0, 0.1) is 0 Å². The second kappa shape index (κ2) is 7.57. The molecule has 2 aromatic rings. The molecule has 1 aliphatic carbocycles. The highest BCUT2D eigenvalue weighted by Gasteiger charge is 2.30. The van der Waals surface area contributed by atoms with Crippen molar-refractivity contribution in [3.05, 3.63) is 35.3 Å². The standard InChI is InChI=1S/C18H22N2O2S2/c1-20(13-6-9-15(10-13)23-3)18(21)16-11-24-17(19-16)12-4-7-14(22-2)8-5-12/h4-5,7-8,11,13,15H,6,9-10H2,1-3H3/t13-,15+/m0/s1. The molecule has 24 heavy (non-hydrogen) atoms. The summed E-state index contributed by atoms with van der Waals surface area (Å²) in [5, 5.41) is 3.40. The van der Waals surface area contributed by atoms with Crippen LogP contribution < -0.4 is 4.74 Å². The number of carbonyl (C=O) groups excluding carboxylic acids is 1. The lowest BCUT2D eigenvalue weighted by molar-refractivity contribution is 0.0730. The molecule has 2 atom stereocenters. The summed E-state index contributed by atoms with van der Waals surface area (Å²) >= 11 is 3.41. The third kappa shape index (κ3) is 3.59. The molecule has 0 aliphatic heterocycles. The van der Waals surface area contributed by atoms with Crippen LogP contribution in [0.15, 0.2) is 29.6 Å². The first-order valence-corrected chi connectivity index (χ1v) is 10.2. The Morgan fingerprint density at radius 1 is 1.33 bits per heavy atom. The number of nitrogens with zero attached hydrogens (tertiary/aromatic N) is 2. The minimum absolute atomic E-state index is 0.0257. The van der Waals surface area contributed by atoms with Gasteiger partial charge in [-0.05, 0) is 49.8 Å². The number of thiazole rings is 1. The van der Waals surface area contributed by atoms with Gasteiger partial charge >= 0.3 is 0 Å². The molecule has 0 unspecified atom stereocenters. The zero-order valence-corrected chi connectivity index (χ0v) is 15.8. The van der Waals surface area contributed by atoms with Crippen molar-refractivity contribution < 1.29 is 9.53 Å². The highest BCUT2D eigenvalue weighted by Crippen LogP contribution is 2.32. The van der Waals surface area contributed by atoms with E-state index in [1.807, 2.05) is 53.4 Å². The summed E-state index contributed by atoms with van der Waals surface area (Å²) in [5.41, 5.74) is 1.55. The van der Waals surface area contributed by atoms with Gasteiger partial charge in [0, 0.05) is 29.3 Å². The molecule has 0 spiro atoms. The van der Waals surface area contributed by atoms with Gasteiger partial charge in [0.1, 0.15) is 16.5 Å². The van der Waals surface area contributed by atoms with Crippen molar-refractivity contribution in [2.75, 3.05) is 20.4 Å². The molecule has 0 N–H and O–H groups in total. The predicted molar refractivity (Wildman–Crippen MR) is 101 cm³/mol. The molecular formula is C18H22N2O2S2. The zero-order chi connectivity index (χ0) is 17.1. The number of thioether (sulfide) groups is 1. The fourth-order valence-corrected chi connectivity index (χ4v) is 4.65. The number of aromatic nitrogens is 1. The molecule has 0 radical (unpaired) electrons. The maximum absolute atomic E-state index is 12.7. The van der Waals surface area contributed by atoms with Gasteiger partial charge in [0.05, 0.1) is 7.11 Å². The van der Waals surface area contributed by atoms with E-state index >= 15 is 0 Å². The smallest absolute Gasteiger partial charge is 0.273 e. The van der Waals surface area contributed by atoms with E-state index in [0.29, 0.717) is 17.0 Å². The van der Waals surface area contributed by atoms with Gasteiger partial charge < -0.3 is 9.64 Å². The van der Waals surface area contributed by atoms with Gasteiger partial charge in [0.2, 0.25) is 0 Å². The maximum atomic E-state index is 12.7. The fraction of sp³-hybridized carbons (Fsp3) is 0.444. The van der Waals surface area contributed by atoms with Crippen LogP contribution in [0.5, 0.6) is 5.75 Å². The maximum Gasteiger partial charge on any atom is 0.273 e. The zero-order valence-electron chi connectivity index (χ0n) is 14.2. The van der Waals surface area contributed by atoms with E-state index in [4.69, 9.17) is 4.74 Å². The van der Waals surface area contributed by atoms with E-state index in [-0.39, 0.29) is 5.91 Å². The van der Waals surface area contributed by atoms with Gasteiger partial charge in [-0.25, -0.2) is 4.98 Å². The second-order valence-electron chi connectivity index (χ2n) is 6.01.